The van der Waals surface area contributed by atoms with Crippen LogP contribution < -0.4 is 4.31 Å². The third-order valence-electron chi connectivity index (χ3n) is 4.08. The van der Waals surface area contributed by atoms with E-state index in [1.165, 1.54) is 0 Å². The van der Waals surface area contributed by atoms with E-state index in [0.717, 1.165) is 33.3 Å². The first-order valence-electron chi connectivity index (χ1n) is 7.21. The smallest absolute Gasteiger partial charge is 0.263 e. The van der Waals surface area contributed by atoms with E-state index in [0.29, 0.717) is 4.90 Å². The molecule has 2 aromatic rings. The van der Waals surface area contributed by atoms with Crippen molar-refractivity contribution in [2.45, 2.75) is 38.1 Å². The molecule has 0 spiro atoms. The third kappa shape index (κ3) is 2.46. The molecule has 0 saturated carbocycles. The maximum absolute atomic E-state index is 13.2. The zero-order valence-electron chi connectivity index (χ0n) is 12.8. The van der Waals surface area contributed by atoms with Crippen molar-refractivity contribution in [1.29, 1.82) is 0 Å². The van der Waals surface area contributed by atoms with Gasteiger partial charge in [0.1, 0.15) is 0 Å². The zero-order valence-corrected chi connectivity index (χ0v) is 15.2. The van der Waals surface area contributed by atoms with Crippen LogP contribution in [0.4, 0.5) is 5.69 Å². The lowest BCUT2D eigenvalue weighted by atomic mass is 10.1. The molecule has 0 amide bonds. The summed E-state index contributed by atoms with van der Waals surface area (Å²) in [6.07, 6.45) is 0.735. The third-order valence-corrected chi connectivity index (χ3v) is 6.64. The number of rotatable bonds is 2. The molecule has 2 aromatic carbocycles. The Hall–Kier alpha value is -1.33. The second-order valence-electron chi connectivity index (χ2n) is 5.90. The molecule has 0 radical (unpaired) electrons. The Morgan fingerprint density at radius 3 is 2.59 bits per heavy atom. The van der Waals surface area contributed by atoms with Gasteiger partial charge in [0.15, 0.2) is 0 Å². The van der Waals surface area contributed by atoms with Gasteiger partial charge in [-0.25, -0.2) is 8.42 Å². The molecular weight excluding hydrogens is 362 g/mol. The van der Waals surface area contributed by atoms with Gasteiger partial charge in [-0.2, -0.15) is 0 Å². The second kappa shape index (κ2) is 5.39. The number of nitrogens with zero attached hydrogens (tertiary/aromatic N) is 1. The number of fused-ring (bicyclic) bond motifs is 1. The van der Waals surface area contributed by atoms with Crippen LogP contribution in [0, 0.1) is 13.8 Å². The molecule has 0 fully saturated rings. The fourth-order valence-electron chi connectivity index (χ4n) is 3.03. The highest BCUT2D eigenvalue weighted by atomic mass is 79.9. The summed E-state index contributed by atoms with van der Waals surface area (Å²) in [6.45, 7) is 5.71. The van der Waals surface area contributed by atoms with Crippen molar-refractivity contribution in [1.82, 2.24) is 0 Å². The predicted molar refractivity (Wildman–Crippen MR) is 92.9 cm³/mol. The van der Waals surface area contributed by atoms with Crippen molar-refractivity contribution >= 4 is 31.6 Å². The van der Waals surface area contributed by atoms with Crippen LogP contribution in [-0.4, -0.2) is 14.5 Å². The first kappa shape index (κ1) is 15.6. The van der Waals surface area contributed by atoms with Crippen LogP contribution >= 0.6 is 15.9 Å². The van der Waals surface area contributed by atoms with Gasteiger partial charge in [0, 0.05) is 10.5 Å². The number of sulfonamides is 1. The van der Waals surface area contributed by atoms with Crippen molar-refractivity contribution in [3.05, 3.63) is 57.6 Å². The lowest BCUT2D eigenvalue weighted by Gasteiger charge is -2.25. The van der Waals surface area contributed by atoms with E-state index in [2.05, 4.69) is 15.9 Å². The normalized spacial score (nSPS) is 17.6. The van der Waals surface area contributed by atoms with Crippen molar-refractivity contribution in [3.8, 4) is 0 Å². The van der Waals surface area contributed by atoms with Gasteiger partial charge >= 0.3 is 0 Å². The highest BCUT2D eigenvalue weighted by Gasteiger charge is 2.36. The fraction of sp³-hybridized carbons (Fsp3) is 0.294. The van der Waals surface area contributed by atoms with E-state index in [9.17, 15) is 8.42 Å². The molecule has 22 heavy (non-hydrogen) atoms. The lowest BCUT2D eigenvalue weighted by Crippen LogP contribution is -2.36. The Kier molecular flexibility index (Phi) is 3.81. The van der Waals surface area contributed by atoms with Crippen LogP contribution in [-0.2, 0) is 16.4 Å². The van der Waals surface area contributed by atoms with Crippen molar-refractivity contribution in [3.63, 3.8) is 0 Å². The molecule has 5 heteroatoms. The standard InChI is InChI=1S/C17H18BrNO2S/c1-11-4-5-12(2)17(8-11)22(20,21)19-13(3)9-14-10-15(18)6-7-16(14)19/h4-8,10,13H,9H2,1-3H3/t13-/m1/s1. The molecule has 1 atom stereocenters. The first-order chi connectivity index (χ1) is 10.3. The highest BCUT2D eigenvalue weighted by molar-refractivity contribution is 9.10. The summed E-state index contributed by atoms with van der Waals surface area (Å²) in [6, 6.07) is 11.3. The quantitative estimate of drug-likeness (QED) is 0.783. The minimum atomic E-state index is -3.55. The van der Waals surface area contributed by atoms with Gasteiger partial charge in [-0.15, -0.1) is 0 Å². The van der Waals surface area contributed by atoms with Crippen LogP contribution in [0.2, 0.25) is 0 Å². The summed E-state index contributed by atoms with van der Waals surface area (Å²) in [4.78, 5) is 0.398. The monoisotopic (exact) mass is 379 g/mol. The molecule has 0 saturated heterocycles. The minimum Gasteiger partial charge on any atom is -0.263 e. The maximum Gasteiger partial charge on any atom is 0.264 e. The number of benzene rings is 2. The molecule has 0 aliphatic carbocycles. The summed E-state index contributed by atoms with van der Waals surface area (Å²) < 4.78 is 28.9. The Morgan fingerprint density at radius 1 is 1.14 bits per heavy atom. The van der Waals surface area contributed by atoms with E-state index >= 15 is 0 Å². The summed E-state index contributed by atoms with van der Waals surface area (Å²) in [5.41, 5.74) is 3.59. The molecule has 3 rings (SSSR count). The summed E-state index contributed by atoms with van der Waals surface area (Å²) in [7, 11) is -3.55. The Morgan fingerprint density at radius 2 is 1.86 bits per heavy atom. The Bertz CT molecular complexity index is 846. The topological polar surface area (TPSA) is 37.4 Å². The van der Waals surface area contributed by atoms with Gasteiger partial charge in [-0.05, 0) is 68.1 Å². The van der Waals surface area contributed by atoms with Crippen LogP contribution in [0.3, 0.4) is 0 Å². The van der Waals surface area contributed by atoms with E-state index in [1.807, 2.05) is 51.1 Å². The number of aryl methyl sites for hydroxylation is 2. The van der Waals surface area contributed by atoms with Gasteiger partial charge in [0.2, 0.25) is 0 Å². The number of hydrogen-bond acceptors (Lipinski definition) is 2. The molecule has 0 aromatic heterocycles. The van der Waals surface area contributed by atoms with Crippen LogP contribution in [0.15, 0.2) is 45.8 Å². The molecule has 0 N–H and O–H groups in total. The van der Waals surface area contributed by atoms with Crippen LogP contribution in [0.1, 0.15) is 23.6 Å². The highest BCUT2D eigenvalue weighted by Crippen LogP contribution is 2.38. The number of hydrogen-bond donors (Lipinski definition) is 0. The molecule has 1 heterocycles. The van der Waals surface area contributed by atoms with Crippen molar-refractivity contribution < 1.29 is 8.42 Å². The minimum absolute atomic E-state index is 0.0748. The number of halogens is 1. The molecular formula is C17H18BrNO2S. The Balaban J connectivity index is 2.16. The van der Waals surface area contributed by atoms with Gasteiger partial charge in [-0.1, -0.05) is 28.1 Å². The van der Waals surface area contributed by atoms with E-state index in [4.69, 9.17) is 0 Å². The molecule has 0 unspecified atom stereocenters. The van der Waals surface area contributed by atoms with Gasteiger partial charge in [-0.3, -0.25) is 4.31 Å². The zero-order chi connectivity index (χ0) is 16.1. The summed E-state index contributed by atoms with van der Waals surface area (Å²) in [5.74, 6) is 0. The first-order valence-corrected chi connectivity index (χ1v) is 9.44. The average molecular weight is 380 g/mol. The van der Waals surface area contributed by atoms with E-state index < -0.39 is 10.0 Å². The lowest BCUT2D eigenvalue weighted by molar-refractivity contribution is 0.583. The van der Waals surface area contributed by atoms with Gasteiger partial charge in [0.05, 0.1) is 10.6 Å². The summed E-state index contributed by atoms with van der Waals surface area (Å²) in [5, 5.41) is 0. The SMILES string of the molecule is Cc1ccc(C)c(S(=O)(=O)N2c3ccc(Br)cc3C[C@H]2C)c1. The summed E-state index contributed by atoms with van der Waals surface area (Å²) >= 11 is 3.45. The molecule has 3 nitrogen and oxygen atoms in total. The largest absolute Gasteiger partial charge is 0.264 e. The Labute approximate surface area is 140 Å². The van der Waals surface area contributed by atoms with Crippen molar-refractivity contribution in [2.75, 3.05) is 4.31 Å². The van der Waals surface area contributed by atoms with Crippen LogP contribution in [0.25, 0.3) is 0 Å². The molecule has 116 valence electrons. The molecule has 0 bridgehead atoms. The second-order valence-corrected chi connectivity index (χ2v) is 8.60. The van der Waals surface area contributed by atoms with Gasteiger partial charge in [0.25, 0.3) is 10.0 Å². The predicted octanol–water partition coefficient (Wildman–Crippen LogP) is 4.21. The van der Waals surface area contributed by atoms with Gasteiger partial charge < -0.3 is 0 Å². The fourth-order valence-corrected chi connectivity index (χ4v) is 5.44. The molecule has 1 aliphatic heterocycles. The van der Waals surface area contributed by atoms with Crippen LogP contribution in [0.5, 0.6) is 0 Å². The number of anilines is 1. The average Bonchev–Trinajstić information content (AvgIpc) is 2.76. The maximum atomic E-state index is 13.2. The van der Waals surface area contributed by atoms with Crippen molar-refractivity contribution in [2.24, 2.45) is 0 Å². The molecule has 1 aliphatic rings. The van der Waals surface area contributed by atoms with E-state index in [1.54, 1.807) is 10.4 Å². The van der Waals surface area contributed by atoms with E-state index in [-0.39, 0.29) is 6.04 Å².